The van der Waals surface area contributed by atoms with Gasteiger partial charge >= 0.3 is 5.69 Å². The Balaban J connectivity index is 3.07. The lowest BCUT2D eigenvalue weighted by Crippen LogP contribution is -2.28. The summed E-state index contributed by atoms with van der Waals surface area (Å²) in [6, 6.07) is 2.63. The molecule has 1 rings (SSSR count). The molecule has 0 unspecified atom stereocenters. The van der Waals surface area contributed by atoms with Gasteiger partial charge in [-0.05, 0) is 25.2 Å². The maximum absolute atomic E-state index is 10.9. The maximum Gasteiger partial charge on any atom is 0.315 e. The van der Waals surface area contributed by atoms with Crippen LogP contribution in [-0.2, 0) is 0 Å². The van der Waals surface area contributed by atoms with Crippen molar-refractivity contribution in [2.75, 3.05) is 13.7 Å². The van der Waals surface area contributed by atoms with E-state index in [-0.39, 0.29) is 12.4 Å². The topological polar surface area (TPSA) is 109 Å². The molecule has 20 heavy (non-hydrogen) atoms. The Bertz CT molecular complexity index is 547. The number of aromatic hydroxyl groups is 1. The molecule has 0 atom stereocenters. The van der Waals surface area contributed by atoms with Crippen LogP contribution < -0.4 is 15.5 Å². The Hall–Kier alpha value is -2.42. The maximum atomic E-state index is 10.9. The van der Waals surface area contributed by atoms with Gasteiger partial charge in [-0.1, -0.05) is 0 Å². The molecule has 0 spiro atoms. The van der Waals surface area contributed by atoms with Gasteiger partial charge < -0.3 is 15.2 Å². The minimum Gasteiger partial charge on any atom is -0.500 e. The van der Waals surface area contributed by atoms with Crippen molar-refractivity contribution in [3.63, 3.8) is 0 Å². The van der Waals surface area contributed by atoms with E-state index in [0.717, 1.165) is 0 Å². The van der Waals surface area contributed by atoms with E-state index in [9.17, 15) is 15.2 Å². The zero-order valence-corrected chi connectivity index (χ0v) is 11.7. The standard InChI is InChI=1S/C11H14N4O4S/c1-3-19-9-5-7(6-13-14-11(20)12-2)4-8(10(9)16)15(17)18/h4-6,16H,3H2,1-2H3,(H2,12,14,20)/b13-6+. The van der Waals surface area contributed by atoms with Crippen molar-refractivity contribution in [3.8, 4) is 11.5 Å². The number of phenols is 1. The molecular formula is C11H14N4O4S. The number of ether oxygens (including phenoxy) is 1. The Kier molecular flexibility index (Phi) is 5.66. The van der Waals surface area contributed by atoms with Gasteiger partial charge in [0.15, 0.2) is 10.9 Å². The molecule has 9 heteroatoms. The summed E-state index contributed by atoms with van der Waals surface area (Å²) in [6.07, 6.45) is 1.33. The van der Waals surface area contributed by atoms with Crippen LogP contribution in [0.4, 0.5) is 5.69 Å². The predicted octanol–water partition coefficient (Wildman–Crippen LogP) is 1.13. The third-order valence-corrected chi connectivity index (χ3v) is 2.48. The monoisotopic (exact) mass is 298 g/mol. The summed E-state index contributed by atoms with van der Waals surface area (Å²) < 4.78 is 5.14. The molecule has 0 aliphatic rings. The summed E-state index contributed by atoms with van der Waals surface area (Å²) in [5, 5.41) is 27.3. The SMILES string of the molecule is CCOc1cc(/C=N/NC(=S)NC)cc([N+](=O)[O-])c1O. The molecular weight excluding hydrogens is 284 g/mol. The van der Waals surface area contributed by atoms with Crippen LogP contribution in [0, 0.1) is 10.1 Å². The third-order valence-electron chi connectivity index (χ3n) is 2.18. The van der Waals surface area contributed by atoms with Crippen LogP contribution in [0.2, 0.25) is 0 Å². The number of hydrazone groups is 1. The first-order valence-corrected chi connectivity index (χ1v) is 6.05. The van der Waals surface area contributed by atoms with Gasteiger partial charge in [0.1, 0.15) is 0 Å². The van der Waals surface area contributed by atoms with E-state index in [4.69, 9.17) is 17.0 Å². The molecule has 108 valence electrons. The molecule has 0 heterocycles. The number of nitro groups is 1. The normalized spacial score (nSPS) is 10.3. The molecule has 0 aromatic heterocycles. The number of nitrogens with one attached hydrogen (secondary N) is 2. The second-order valence-electron chi connectivity index (χ2n) is 3.53. The highest BCUT2D eigenvalue weighted by molar-refractivity contribution is 7.80. The number of phenolic OH excluding ortho intramolecular Hbond substituents is 1. The molecule has 0 bridgehead atoms. The highest BCUT2D eigenvalue weighted by Gasteiger charge is 2.19. The van der Waals surface area contributed by atoms with Crippen molar-refractivity contribution in [2.24, 2.45) is 5.10 Å². The minimum atomic E-state index is -0.694. The van der Waals surface area contributed by atoms with Crippen molar-refractivity contribution in [3.05, 3.63) is 27.8 Å². The first kappa shape index (κ1) is 15.6. The molecule has 8 nitrogen and oxygen atoms in total. The second-order valence-corrected chi connectivity index (χ2v) is 3.93. The highest BCUT2D eigenvalue weighted by atomic mass is 32.1. The van der Waals surface area contributed by atoms with Crippen LogP contribution in [0.1, 0.15) is 12.5 Å². The smallest absolute Gasteiger partial charge is 0.315 e. The Morgan fingerprint density at radius 1 is 1.65 bits per heavy atom. The molecule has 0 aliphatic heterocycles. The number of benzene rings is 1. The molecule has 0 radical (unpaired) electrons. The number of rotatable bonds is 5. The van der Waals surface area contributed by atoms with E-state index >= 15 is 0 Å². The predicted molar refractivity (Wildman–Crippen MR) is 78.3 cm³/mol. The van der Waals surface area contributed by atoms with Gasteiger partial charge in [0.05, 0.1) is 17.7 Å². The summed E-state index contributed by atoms with van der Waals surface area (Å²) in [7, 11) is 1.63. The molecule has 0 fully saturated rings. The number of nitro benzene ring substituents is 1. The van der Waals surface area contributed by atoms with Crippen molar-refractivity contribution in [1.29, 1.82) is 0 Å². The van der Waals surface area contributed by atoms with Crippen LogP contribution >= 0.6 is 12.2 Å². The van der Waals surface area contributed by atoms with Crippen LogP contribution in [0.3, 0.4) is 0 Å². The zero-order chi connectivity index (χ0) is 15.1. The zero-order valence-electron chi connectivity index (χ0n) is 10.9. The molecule has 3 N–H and O–H groups in total. The molecule has 0 saturated heterocycles. The molecule has 0 amide bonds. The van der Waals surface area contributed by atoms with Gasteiger partial charge in [-0.15, -0.1) is 0 Å². The van der Waals surface area contributed by atoms with E-state index in [0.29, 0.717) is 10.7 Å². The molecule has 1 aromatic rings. The summed E-state index contributed by atoms with van der Waals surface area (Å²) in [6.45, 7) is 1.98. The fraction of sp³-hybridized carbons (Fsp3) is 0.273. The summed E-state index contributed by atoms with van der Waals surface area (Å²) in [5.41, 5.74) is 2.45. The van der Waals surface area contributed by atoms with Crippen molar-refractivity contribution in [2.45, 2.75) is 6.92 Å². The third kappa shape index (κ3) is 4.05. The molecule has 0 aliphatic carbocycles. The molecule has 1 aromatic carbocycles. The lowest BCUT2D eigenvalue weighted by molar-refractivity contribution is -0.386. The number of nitrogens with zero attached hydrogens (tertiary/aromatic N) is 2. The Morgan fingerprint density at radius 3 is 2.90 bits per heavy atom. The van der Waals surface area contributed by atoms with Crippen LogP contribution in [0.15, 0.2) is 17.2 Å². The molecule has 0 saturated carbocycles. The first-order chi connectivity index (χ1) is 9.49. The van der Waals surface area contributed by atoms with Gasteiger partial charge in [0, 0.05) is 18.7 Å². The van der Waals surface area contributed by atoms with E-state index < -0.39 is 16.4 Å². The number of hydrogen-bond donors (Lipinski definition) is 3. The van der Waals surface area contributed by atoms with Crippen LogP contribution in [-0.4, -0.2) is 35.0 Å². The fourth-order valence-corrected chi connectivity index (χ4v) is 1.37. The van der Waals surface area contributed by atoms with Gasteiger partial charge in [0.2, 0.25) is 5.75 Å². The minimum absolute atomic E-state index is 0.0272. The van der Waals surface area contributed by atoms with Gasteiger partial charge in [0.25, 0.3) is 0 Å². The summed E-state index contributed by atoms with van der Waals surface area (Å²) >= 11 is 4.82. The van der Waals surface area contributed by atoms with Crippen LogP contribution in [0.25, 0.3) is 0 Å². The fourth-order valence-electron chi connectivity index (χ4n) is 1.31. The second kappa shape index (κ2) is 7.24. The first-order valence-electron chi connectivity index (χ1n) is 5.64. The van der Waals surface area contributed by atoms with Gasteiger partial charge in [-0.3, -0.25) is 15.5 Å². The largest absolute Gasteiger partial charge is 0.500 e. The van der Waals surface area contributed by atoms with Crippen molar-refractivity contribution < 1.29 is 14.8 Å². The Morgan fingerprint density at radius 2 is 2.35 bits per heavy atom. The van der Waals surface area contributed by atoms with E-state index in [1.165, 1.54) is 18.3 Å². The lowest BCUT2D eigenvalue weighted by atomic mass is 10.2. The number of thiocarbonyl (C=S) groups is 1. The van der Waals surface area contributed by atoms with E-state index in [2.05, 4.69) is 15.8 Å². The van der Waals surface area contributed by atoms with E-state index in [1.807, 2.05) is 0 Å². The van der Waals surface area contributed by atoms with Gasteiger partial charge in [-0.2, -0.15) is 5.10 Å². The van der Waals surface area contributed by atoms with Crippen molar-refractivity contribution >= 4 is 29.2 Å². The number of hydrogen-bond acceptors (Lipinski definition) is 6. The van der Waals surface area contributed by atoms with Gasteiger partial charge in [-0.25, -0.2) is 0 Å². The lowest BCUT2D eigenvalue weighted by Gasteiger charge is -2.07. The average Bonchev–Trinajstić information content (AvgIpc) is 2.41. The average molecular weight is 298 g/mol. The van der Waals surface area contributed by atoms with Crippen molar-refractivity contribution in [1.82, 2.24) is 10.7 Å². The summed E-state index contributed by atoms with van der Waals surface area (Å²) in [4.78, 5) is 10.2. The Labute approximate surface area is 120 Å². The van der Waals surface area contributed by atoms with E-state index in [1.54, 1.807) is 14.0 Å². The van der Waals surface area contributed by atoms with Crippen LogP contribution in [0.5, 0.6) is 11.5 Å². The highest BCUT2D eigenvalue weighted by Crippen LogP contribution is 2.36. The quantitative estimate of drug-likeness (QED) is 0.323. The summed E-state index contributed by atoms with van der Waals surface area (Å²) in [5.74, 6) is -0.480.